The third-order valence-electron chi connectivity index (χ3n) is 3.79. The molecular weight excluding hydrogens is 412 g/mol. The smallest absolute Gasteiger partial charge is 0.411 e. The lowest BCUT2D eigenvalue weighted by Crippen LogP contribution is -2.41. The first kappa shape index (κ1) is 22.8. The normalized spacial score (nSPS) is 11.8. The SMILES string of the molecule is COC(=O)Nc1ccc(NC(=O)[C@H](C)NS(=O)(=O)c2ccc(NC(C)=O)cc2)cc1. The summed E-state index contributed by atoms with van der Waals surface area (Å²) in [5.41, 5.74) is 1.34. The highest BCUT2D eigenvalue weighted by Crippen LogP contribution is 2.16. The summed E-state index contributed by atoms with van der Waals surface area (Å²) in [5, 5.41) is 7.59. The maximum absolute atomic E-state index is 12.5. The summed E-state index contributed by atoms with van der Waals surface area (Å²) in [6, 6.07) is 10.7. The van der Waals surface area contributed by atoms with E-state index in [0.717, 1.165) is 0 Å². The van der Waals surface area contributed by atoms with E-state index in [2.05, 4.69) is 25.4 Å². The molecule has 2 aromatic rings. The van der Waals surface area contributed by atoms with Crippen LogP contribution in [0, 0.1) is 0 Å². The van der Waals surface area contributed by atoms with Crippen molar-refractivity contribution < 1.29 is 27.5 Å². The van der Waals surface area contributed by atoms with Gasteiger partial charge in [0, 0.05) is 24.0 Å². The van der Waals surface area contributed by atoms with Gasteiger partial charge in [-0.2, -0.15) is 4.72 Å². The largest absolute Gasteiger partial charge is 0.453 e. The molecule has 0 saturated carbocycles. The molecule has 30 heavy (non-hydrogen) atoms. The van der Waals surface area contributed by atoms with Crippen LogP contribution in [0.1, 0.15) is 13.8 Å². The average molecular weight is 434 g/mol. The minimum absolute atomic E-state index is 0.0468. The Bertz CT molecular complexity index is 1020. The fourth-order valence-corrected chi connectivity index (χ4v) is 3.53. The number of nitrogens with one attached hydrogen (secondary N) is 4. The fraction of sp³-hybridized carbons (Fsp3) is 0.211. The van der Waals surface area contributed by atoms with Crippen LogP contribution in [0.5, 0.6) is 0 Å². The van der Waals surface area contributed by atoms with E-state index in [9.17, 15) is 22.8 Å². The molecule has 0 fully saturated rings. The van der Waals surface area contributed by atoms with E-state index in [-0.39, 0.29) is 10.8 Å². The van der Waals surface area contributed by atoms with Crippen LogP contribution in [0.3, 0.4) is 0 Å². The molecule has 1 atom stereocenters. The van der Waals surface area contributed by atoms with E-state index in [4.69, 9.17) is 0 Å². The van der Waals surface area contributed by atoms with Crippen LogP contribution in [-0.2, 0) is 24.3 Å². The van der Waals surface area contributed by atoms with Crippen molar-refractivity contribution in [2.24, 2.45) is 0 Å². The number of carbonyl (C=O) groups excluding carboxylic acids is 3. The predicted molar refractivity (Wildman–Crippen MR) is 112 cm³/mol. The lowest BCUT2D eigenvalue weighted by molar-refractivity contribution is -0.117. The van der Waals surface area contributed by atoms with Gasteiger partial charge in [0.05, 0.1) is 18.0 Å². The van der Waals surface area contributed by atoms with E-state index >= 15 is 0 Å². The van der Waals surface area contributed by atoms with E-state index < -0.39 is 28.1 Å². The molecule has 0 bridgehead atoms. The van der Waals surface area contributed by atoms with Crippen LogP contribution < -0.4 is 20.7 Å². The molecule has 3 amide bonds. The second-order valence-electron chi connectivity index (χ2n) is 6.23. The topological polar surface area (TPSA) is 143 Å². The monoisotopic (exact) mass is 434 g/mol. The molecule has 2 rings (SSSR count). The van der Waals surface area contributed by atoms with E-state index in [1.54, 1.807) is 24.3 Å². The number of benzene rings is 2. The van der Waals surface area contributed by atoms with Crippen molar-refractivity contribution in [2.45, 2.75) is 24.8 Å². The van der Waals surface area contributed by atoms with Crippen molar-refractivity contribution in [2.75, 3.05) is 23.1 Å². The number of amides is 3. The molecule has 0 heterocycles. The van der Waals surface area contributed by atoms with Crippen LogP contribution in [0.15, 0.2) is 53.4 Å². The average Bonchev–Trinajstić information content (AvgIpc) is 2.69. The summed E-state index contributed by atoms with van der Waals surface area (Å²) in [6.07, 6.45) is -0.625. The summed E-state index contributed by atoms with van der Waals surface area (Å²) < 4.78 is 31.7. The maximum Gasteiger partial charge on any atom is 0.411 e. The third-order valence-corrected chi connectivity index (χ3v) is 5.35. The van der Waals surface area contributed by atoms with Gasteiger partial charge in [-0.25, -0.2) is 13.2 Å². The zero-order valence-electron chi connectivity index (χ0n) is 16.6. The zero-order chi connectivity index (χ0) is 22.3. The second kappa shape index (κ2) is 9.85. The first-order valence-corrected chi connectivity index (χ1v) is 10.2. The van der Waals surface area contributed by atoms with Crippen molar-refractivity contribution in [1.82, 2.24) is 4.72 Å². The molecule has 0 radical (unpaired) electrons. The Labute approximate surface area is 174 Å². The molecule has 0 aliphatic carbocycles. The quantitative estimate of drug-likeness (QED) is 0.526. The zero-order valence-corrected chi connectivity index (χ0v) is 17.4. The van der Waals surface area contributed by atoms with E-state index in [0.29, 0.717) is 17.1 Å². The Morgan fingerprint density at radius 1 is 0.833 bits per heavy atom. The first-order chi connectivity index (χ1) is 14.1. The molecule has 11 heteroatoms. The van der Waals surface area contributed by atoms with Gasteiger partial charge >= 0.3 is 6.09 Å². The summed E-state index contributed by atoms with van der Waals surface area (Å²) in [6.45, 7) is 2.75. The predicted octanol–water partition coefficient (Wildman–Crippen LogP) is 2.13. The van der Waals surface area contributed by atoms with Crippen LogP contribution in [0.25, 0.3) is 0 Å². The molecule has 160 valence electrons. The molecule has 0 aliphatic rings. The number of carbonyl (C=O) groups is 3. The Kier molecular flexibility index (Phi) is 7.50. The Hall–Kier alpha value is -3.44. The van der Waals surface area contributed by atoms with Gasteiger partial charge in [0.15, 0.2) is 0 Å². The van der Waals surface area contributed by atoms with Crippen LogP contribution >= 0.6 is 0 Å². The Balaban J connectivity index is 1.98. The van der Waals surface area contributed by atoms with Crippen molar-refractivity contribution in [3.63, 3.8) is 0 Å². The van der Waals surface area contributed by atoms with Gasteiger partial charge in [0.25, 0.3) is 0 Å². The van der Waals surface area contributed by atoms with Crippen LogP contribution in [-0.4, -0.2) is 39.5 Å². The van der Waals surface area contributed by atoms with E-state index in [1.807, 2.05) is 0 Å². The van der Waals surface area contributed by atoms with Gasteiger partial charge in [-0.1, -0.05) is 0 Å². The van der Waals surface area contributed by atoms with Gasteiger partial charge < -0.3 is 15.4 Å². The first-order valence-electron chi connectivity index (χ1n) is 8.76. The number of anilines is 3. The number of ether oxygens (including phenoxy) is 1. The summed E-state index contributed by atoms with van der Waals surface area (Å²) in [4.78, 5) is 34.5. The summed E-state index contributed by atoms with van der Waals surface area (Å²) in [5.74, 6) is -0.842. The third kappa shape index (κ3) is 6.57. The molecule has 4 N–H and O–H groups in total. The molecule has 0 aliphatic heterocycles. The number of rotatable bonds is 7. The molecule has 2 aromatic carbocycles. The molecule has 0 aromatic heterocycles. The van der Waals surface area contributed by atoms with Crippen molar-refractivity contribution >= 4 is 45.0 Å². The van der Waals surface area contributed by atoms with Crippen LogP contribution in [0.2, 0.25) is 0 Å². The molecule has 0 spiro atoms. The Morgan fingerprint density at radius 2 is 1.30 bits per heavy atom. The number of hydrogen-bond acceptors (Lipinski definition) is 6. The number of hydrogen-bond donors (Lipinski definition) is 4. The molecular formula is C19H22N4O6S. The van der Waals surface area contributed by atoms with Gasteiger partial charge in [0.2, 0.25) is 21.8 Å². The minimum atomic E-state index is -3.95. The Morgan fingerprint density at radius 3 is 1.80 bits per heavy atom. The lowest BCUT2D eigenvalue weighted by Gasteiger charge is -2.15. The molecule has 10 nitrogen and oxygen atoms in total. The minimum Gasteiger partial charge on any atom is -0.453 e. The highest BCUT2D eigenvalue weighted by Gasteiger charge is 2.22. The lowest BCUT2D eigenvalue weighted by atomic mass is 10.2. The van der Waals surface area contributed by atoms with Gasteiger partial charge in [-0.15, -0.1) is 0 Å². The van der Waals surface area contributed by atoms with Crippen LogP contribution in [0.4, 0.5) is 21.9 Å². The second-order valence-corrected chi connectivity index (χ2v) is 7.95. The highest BCUT2D eigenvalue weighted by atomic mass is 32.2. The standard InChI is InChI=1S/C19H22N4O6S/c1-12(18(25)21-15-4-6-16(7-5-15)22-19(26)29-3)23-30(27,28)17-10-8-14(9-11-17)20-13(2)24/h4-12,23H,1-3H3,(H,20,24)(H,21,25)(H,22,26)/t12-/m0/s1. The maximum atomic E-state index is 12.5. The molecule has 0 saturated heterocycles. The summed E-state index contributed by atoms with van der Waals surface area (Å²) in [7, 11) is -2.71. The number of sulfonamides is 1. The fourth-order valence-electron chi connectivity index (χ4n) is 2.33. The van der Waals surface area contributed by atoms with Gasteiger partial charge in [0.1, 0.15) is 0 Å². The van der Waals surface area contributed by atoms with Gasteiger partial charge in [-0.05, 0) is 55.5 Å². The van der Waals surface area contributed by atoms with E-state index in [1.165, 1.54) is 45.2 Å². The highest BCUT2D eigenvalue weighted by molar-refractivity contribution is 7.89. The van der Waals surface area contributed by atoms with Crippen molar-refractivity contribution in [3.05, 3.63) is 48.5 Å². The van der Waals surface area contributed by atoms with Crippen molar-refractivity contribution in [3.8, 4) is 0 Å². The van der Waals surface area contributed by atoms with Gasteiger partial charge in [-0.3, -0.25) is 14.9 Å². The number of methoxy groups -OCH3 is 1. The van der Waals surface area contributed by atoms with Crippen molar-refractivity contribution in [1.29, 1.82) is 0 Å². The summed E-state index contributed by atoms with van der Waals surface area (Å²) >= 11 is 0. The molecule has 0 unspecified atom stereocenters.